The van der Waals surface area contributed by atoms with Crippen LogP contribution in [0.4, 0.5) is 25.8 Å². The average Bonchev–Trinajstić information content (AvgIpc) is 4.11. The van der Waals surface area contributed by atoms with Crippen molar-refractivity contribution in [1.29, 1.82) is 0 Å². The Kier molecular flexibility index (Phi) is 9.90. The summed E-state index contributed by atoms with van der Waals surface area (Å²) >= 11 is 0. The SMILES string of the molecule is COc1cc(-n2cc(Nc3cnnc4cc(-c5cc(B(O)O)c(OC6CC(F)(F)C6)cc5-n5cccn5)ccc34)cn2)c(-c2ccc3c(N)cnnc3c2)cc1B1O[C@@H]2C[C@@H]3C[C@@H](C3(C)C)[C@]2(C)O1. The van der Waals surface area contributed by atoms with Crippen LogP contribution in [0.15, 0.2) is 104 Å². The summed E-state index contributed by atoms with van der Waals surface area (Å²) in [5.41, 5.74) is 14.0. The van der Waals surface area contributed by atoms with Crippen LogP contribution in [-0.4, -0.2) is 95.1 Å². The first-order chi connectivity index (χ1) is 33.2. The van der Waals surface area contributed by atoms with Crippen molar-refractivity contribution in [2.75, 3.05) is 18.2 Å². The molecule has 5 heterocycles. The maximum Gasteiger partial charge on any atom is 0.498 e. The Hall–Kier alpha value is -6.99. The number of halogens is 2. The molecule has 13 rings (SSSR count). The molecule has 4 atom stereocenters. The van der Waals surface area contributed by atoms with Gasteiger partial charge in [0, 0.05) is 70.2 Å². The van der Waals surface area contributed by atoms with Gasteiger partial charge in [0.05, 0.1) is 83.1 Å². The molecule has 1 aliphatic heterocycles. The van der Waals surface area contributed by atoms with Gasteiger partial charge in [-0.05, 0) is 90.6 Å². The van der Waals surface area contributed by atoms with Gasteiger partial charge in [-0.2, -0.15) is 30.6 Å². The molecule has 5 aliphatic rings. The van der Waals surface area contributed by atoms with Crippen molar-refractivity contribution >= 4 is 64.0 Å². The van der Waals surface area contributed by atoms with Gasteiger partial charge in [0.25, 0.3) is 5.92 Å². The number of nitrogens with two attached hydrogens (primary N) is 1. The summed E-state index contributed by atoms with van der Waals surface area (Å²) in [5.74, 6) is -1.18. The van der Waals surface area contributed by atoms with E-state index in [-0.39, 0.29) is 22.7 Å². The number of benzene rings is 4. The van der Waals surface area contributed by atoms with Crippen LogP contribution in [0.3, 0.4) is 0 Å². The summed E-state index contributed by atoms with van der Waals surface area (Å²) in [5, 5.41) is 52.4. The molecular formula is C49H46B2F2N10O6. The lowest BCUT2D eigenvalue weighted by molar-refractivity contribution is -0.199. The van der Waals surface area contributed by atoms with E-state index in [4.69, 9.17) is 29.6 Å². The molecule has 4 saturated carbocycles. The topological polar surface area (TPSA) is 203 Å². The van der Waals surface area contributed by atoms with Gasteiger partial charge in [0.2, 0.25) is 0 Å². The number of nitrogens with one attached hydrogen (secondary N) is 1. The number of nitrogen functional groups attached to an aromatic ring is 1. The number of fused-ring (bicyclic) bond motifs is 2. The maximum atomic E-state index is 13.7. The number of aromatic nitrogens is 8. The summed E-state index contributed by atoms with van der Waals surface area (Å²) < 4.78 is 56.6. The molecule has 4 aromatic heterocycles. The second kappa shape index (κ2) is 15.8. The van der Waals surface area contributed by atoms with E-state index < -0.39 is 44.7 Å². The second-order valence-corrected chi connectivity index (χ2v) is 19.5. The molecule has 5 fully saturated rings. The molecule has 0 unspecified atom stereocenters. The maximum absolute atomic E-state index is 13.7. The van der Waals surface area contributed by atoms with E-state index in [1.807, 2.05) is 48.7 Å². The fraction of sp³-hybridized carbons (Fsp3) is 0.306. The zero-order chi connectivity index (χ0) is 47.6. The fourth-order valence-electron chi connectivity index (χ4n) is 11.2. The van der Waals surface area contributed by atoms with E-state index in [1.54, 1.807) is 59.5 Å². The fourth-order valence-corrected chi connectivity index (χ4v) is 11.2. The lowest BCUT2D eigenvalue weighted by Crippen LogP contribution is -2.65. The molecule has 2 bridgehead atoms. The van der Waals surface area contributed by atoms with Crippen molar-refractivity contribution in [3.63, 3.8) is 0 Å². The average molecular weight is 931 g/mol. The number of methoxy groups -OCH3 is 1. The number of rotatable bonds is 11. The summed E-state index contributed by atoms with van der Waals surface area (Å²) in [4.78, 5) is 0. The zero-order valence-electron chi connectivity index (χ0n) is 38.0. The molecule has 1 saturated heterocycles. The summed E-state index contributed by atoms with van der Waals surface area (Å²) in [6, 6.07) is 20.4. The summed E-state index contributed by atoms with van der Waals surface area (Å²) in [7, 11) is -0.955. The first-order valence-corrected chi connectivity index (χ1v) is 22.9. The minimum Gasteiger partial charge on any atom is -0.497 e. The van der Waals surface area contributed by atoms with Crippen molar-refractivity contribution in [1.82, 2.24) is 40.0 Å². The van der Waals surface area contributed by atoms with Crippen LogP contribution in [-0.2, 0) is 9.31 Å². The highest BCUT2D eigenvalue weighted by Crippen LogP contribution is 2.65. The standard InChI is InChI=1S/C49H46B2F2N10O6/c1-47(2)28-14-45(47)48(3)46(15-28)68-51(69-48)36-17-34(26-6-8-31-37(54)23-55-60-38(31)12-26)42(18-43(36)66-4)63-25-29(22-58-63)59-40-24-56-61-39-13-27(7-9-32(39)40)33-16-35(50(64)65)44(67-30-20-49(52,53)21-30)19-41(33)62-11-5-10-57-62/h5-13,16-19,22-25,28,30,45-46,64-65H,14-15,20-21H2,1-4H3,(H2,54,60)(H,59,61)/t28-,45-,46+,48-/m0/s1. The van der Waals surface area contributed by atoms with E-state index >= 15 is 0 Å². The minimum absolute atomic E-state index is 0.0248. The molecule has 4 aromatic carbocycles. The second-order valence-electron chi connectivity index (χ2n) is 19.5. The van der Waals surface area contributed by atoms with Gasteiger partial charge in [0.1, 0.15) is 17.6 Å². The minimum atomic E-state index is -2.82. The highest BCUT2D eigenvalue weighted by atomic mass is 19.3. The van der Waals surface area contributed by atoms with Gasteiger partial charge >= 0.3 is 14.2 Å². The molecule has 0 spiro atoms. The van der Waals surface area contributed by atoms with Gasteiger partial charge < -0.3 is 39.9 Å². The van der Waals surface area contributed by atoms with Crippen molar-refractivity contribution < 1.29 is 37.6 Å². The normalized spacial score (nSPS) is 22.3. The number of anilines is 3. The Morgan fingerprint density at radius 1 is 0.855 bits per heavy atom. The molecule has 8 aromatic rings. The van der Waals surface area contributed by atoms with Crippen molar-refractivity contribution in [3.8, 4) is 45.1 Å². The van der Waals surface area contributed by atoms with Crippen LogP contribution in [0.25, 0.3) is 55.4 Å². The third-order valence-corrected chi connectivity index (χ3v) is 15.1. The molecule has 20 heteroatoms. The Balaban J connectivity index is 0.889. The Morgan fingerprint density at radius 3 is 2.28 bits per heavy atom. The predicted molar refractivity (Wildman–Crippen MR) is 257 cm³/mol. The van der Waals surface area contributed by atoms with Crippen molar-refractivity contribution in [3.05, 3.63) is 104 Å². The van der Waals surface area contributed by atoms with E-state index in [9.17, 15) is 18.8 Å². The number of ether oxygens (including phenoxy) is 2. The summed E-state index contributed by atoms with van der Waals surface area (Å²) in [6.45, 7) is 6.89. The molecule has 0 radical (unpaired) electrons. The van der Waals surface area contributed by atoms with E-state index in [0.29, 0.717) is 62.5 Å². The monoisotopic (exact) mass is 930 g/mol. The van der Waals surface area contributed by atoms with Crippen molar-refractivity contribution in [2.24, 2.45) is 17.3 Å². The zero-order valence-corrected chi connectivity index (χ0v) is 38.0. The number of alkyl halides is 2. The molecule has 4 aliphatic carbocycles. The first kappa shape index (κ1) is 43.3. The van der Waals surface area contributed by atoms with Gasteiger partial charge in [-0.3, -0.25) is 0 Å². The number of nitrogens with zero attached hydrogens (tertiary/aromatic N) is 8. The van der Waals surface area contributed by atoms with Crippen LogP contribution in [0, 0.1) is 17.3 Å². The highest BCUT2D eigenvalue weighted by Gasteiger charge is 2.68. The molecule has 0 amide bonds. The van der Waals surface area contributed by atoms with E-state index in [2.05, 4.69) is 57.6 Å². The number of hydrogen-bond acceptors (Lipinski definition) is 14. The molecule has 69 heavy (non-hydrogen) atoms. The lowest BCUT2D eigenvalue weighted by Gasteiger charge is -2.64. The Bertz CT molecular complexity index is 3330. The van der Waals surface area contributed by atoms with E-state index in [1.165, 1.54) is 6.20 Å². The smallest absolute Gasteiger partial charge is 0.497 e. The lowest BCUT2D eigenvalue weighted by atomic mass is 9.43. The van der Waals surface area contributed by atoms with Crippen LogP contribution in [0.5, 0.6) is 11.5 Å². The summed E-state index contributed by atoms with van der Waals surface area (Å²) in [6.07, 6.45) is 10.4. The molecule has 16 nitrogen and oxygen atoms in total. The third kappa shape index (κ3) is 7.18. The highest BCUT2D eigenvalue weighted by molar-refractivity contribution is 6.63. The van der Waals surface area contributed by atoms with Gasteiger partial charge in [-0.25, -0.2) is 18.1 Å². The van der Waals surface area contributed by atoms with Crippen LogP contribution in [0.1, 0.15) is 46.5 Å². The largest absolute Gasteiger partial charge is 0.498 e. The molecule has 348 valence electrons. The molecule has 5 N–H and O–H groups in total. The van der Waals surface area contributed by atoms with Crippen molar-refractivity contribution in [2.45, 2.75) is 70.2 Å². The van der Waals surface area contributed by atoms with Gasteiger partial charge in [-0.1, -0.05) is 26.0 Å². The Labute approximate surface area is 395 Å². The van der Waals surface area contributed by atoms with Crippen LogP contribution in [0.2, 0.25) is 0 Å². The molecular weight excluding hydrogens is 884 g/mol. The van der Waals surface area contributed by atoms with Crippen LogP contribution >= 0.6 is 0 Å². The van der Waals surface area contributed by atoms with Crippen LogP contribution < -0.4 is 31.4 Å². The third-order valence-electron chi connectivity index (χ3n) is 15.1. The van der Waals surface area contributed by atoms with Gasteiger partial charge in [0.15, 0.2) is 0 Å². The quantitative estimate of drug-likeness (QED) is 0.104. The van der Waals surface area contributed by atoms with E-state index in [0.717, 1.165) is 45.9 Å². The first-order valence-electron chi connectivity index (χ1n) is 22.9. The Morgan fingerprint density at radius 2 is 1.57 bits per heavy atom. The number of hydrogen-bond donors (Lipinski definition) is 4. The van der Waals surface area contributed by atoms with Gasteiger partial charge in [-0.15, -0.1) is 0 Å². The predicted octanol–water partition coefficient (Wildman–Crippen LogP) is 6.40.